The molecule has 0 aliphatic carbocycles. The first-order chi connectivity index (χ1) is 8.54. The van der Waals surface area contributed by atoms with Gasteiger partial charge in [0.1, 0.15) is 0 Å². The van der Waals surface area contributed by atoms with E-state index in [9.17, 15) is 13.6 Å². The monoisotopic (exact) mass is 252 g/mol. The second-order valence-corrected chi connectivity index (χ2v) is 3.29. The molecule has 0 saturated carbocycles. The number of carboxylic acid groups (broad SMARTS) is 1. The number of hydrogen-bond donors (Lipinski definition) is 1. The molecule has 5 heteroatoms. The molecule has 18 heavy (non-hydrogen) atoms. The standard InChI is InChI=1S/C13H10F2O3/c1-2-3-6-18-13-10(14)7-9(8-11(13)15)4-5-12(16)17/h1,4-5,7-8H,3,6H2,(H,16,17). The van der Waals surface area contributed by atoms with Crippen LogP contribution in [0, 0.1) is 24.0 Å². The SMILES string of the molecule is C#CCCOc1c(F)cc(C=CC(=O)O)cc1F. The van der Waals surface area contributed by atoms with Crippen LogP contribution in [-0.2, 0) is 4.79 Å². The van der Waals surface area contributed by atoms with Gasteiger partial charge in [0.05, 0.1) is 6.61 Å². The summed E-state index contributed by atoms with van der Waals surface area (Å²) in [7, 11) is 0. The fourth-order valence-corrected chi connectivity index (χ4v) is 1.19. The summed E-state index contributed by atoms with van der Waals surface area (Å²) < 4.78 is 31.8. The second-order valence-electron chi connectivity index (χ2n) is 3.29. The topological polar surface area (TPSA) is 46.5 Å². The van der Waals surface area contributed by atoms with E-state index in [4.69, 9.17) is 16.3 Å². The average molecular weight is 252 g/mol. The molecule has 0 aliphatic rings. The smallest absolute Gasteiger partial charge is 0.328 e. The predicted octanol–water partition coefficient (Wildman–Crippen LogP) is 2.46. The quantitative estimate of drug-likeness (QED) is 0.497. The maximum atomic E-state index is 13.5. The molecule has 0 amide bonds. The Hall–Kier alpha value is -2.35. The Morgan fingerprint density at radius 2 is 2.06 bits per heavy atom. The Labute approximate surface area is 103 Å². The zero-order chi connectivity index (χ0) is 13.5. The summed E-state index contributed by atoms with van der Waals surface area (Å²) in [5.74, 6) is -1.26. The third-order valence-electron chi connectivity index (χ3n) is 1.93. The summed E-state index contributed by atoms with van der Waals surface area (Å²) in [6.45, 7) is 0.00858. The minimum Gasteiger partial charge on any atom is -0.487 e. The second kappa shape index (κ2) is 6.40. The van der Waals surface area contributed by atoms with Gasteiger partial charge in [0.15, 0.2) is 17.4 Å². The largest absolute Gasteiger partial charge is 0.487 e. The zero-order valence-corrected chi connectivity index (χ0v) is 9.32. The van der Waals surface area contributed by atoms with Crippen molar-refractivity contribution in [2.45, 2.75) is 6.42 Å². The van der Waals surface area contributed by atoms with Gasteiger partial charge < -0.3 is 9.84 Å². The molecule has 0 fully saturated rings. The van der Waals surface area contributed by atoms with Crippen LogP contribution in [0.25, 0.3) is 6.08 Å². The van der Waals surface area contributed by atoms with Crippen LogP contribution in [0.5, 0.6) is 5.75 Å². The highest BCUT2D eigenvalue weighted by Crippen LogP contribution is 2.24. The fraction of sp³-hybridized carbons (Fsp3) is 0.154. The van der Waals surface area contributed by atoms with E-state index >= 15 is 0 Å². The Bertz CT molecular complexity index is 492. The lowest BCUT2D eigenvalue weighted by Gasteiger charge is -2.07. The Kier molecular flexibility index (Phi) is 4.88. The number of carboxylic acids is 1. The molecule has 1 N–H and O–H groups in total. The van der Waals surface area contributed by atoms with E-state index in [2.05, 4.69) is 5.92 Å². The molecule has 3 nitrogen and oxygen atoms in total. The van der Waals surface area contributed by atoms with Crippen molar-refractivity contribution in [2.24, 2.45) is 0 Å². The lowest BCUT2D eigenvalue weighted by Crippen LogP contribution is -2.01. The number of carbonyl (C=O) groups is 1. The van der Waals surface area contributed by atoms with E-state index in [0.29, 0.717) is 0 Å². The van der Waals surface area contributed by atoms with Gasteiger partial charge in [0, 0.05) is 12.5 Å². The minimum atomic E-state index is -1.20. The van der Waals surface area contributed by atoms with Crippen LogP contribution < -0.4 is 4.74 Å². The van der Waals surface area contributed by atoms with E-state index in [1.165, 1.54) is 0 Å². The third-order valence-corrected chi connectivity index (χ3v) is 1.93. The molecule has 0 atom stereocenters. The molecule has 0 aliphatic heterocycles. The van der Waals surface area contributed by atoms with Crippen molar-refractivity contribution in [2.75, 3.05) is 6.61 Å². The molecule has 0 unspecified atom stereocenters. The van der Waals surface area contributed by atoms with Crippen molar-refractivity contribution in [3.8, 4) is 18.1 Å². The first-order valence-electron chi connectivity index (χ1n) is 5.01. The first kappa shape index (κ1) is 13.7. The molecule has 0 heterocycles. The normalized spacial score (nSPS) is 10.3. The van der Waals surface area contributed by atoms with E-state index in [1.54, 1.807) is 0 Å². The molecule has 0 radical (unpaired) electrons. The van der Waals surface area contributed by atoms with Crippen LogP contribution in [-0.4, -0.2) is 17.7 Å². The third kappa shape index (κ3) is 3.91. The summed E-state index contributed by atoms with van der Waals surface area (Å²) in [5, 5.41) is 8.39. The van der Waals surface area contributed by atoms with E-state index in [1.807, 2.05) is 0 Å². The van der Waals surface area contributed by atoms with Gasteiger partial charge in [-0.05, 0) is 23.8 Å². The fourth-order valence-electron chi connectivity index (χ4n) is 1.19. The maximum Gasteiger partial charge on any atom is 0.328 e. The molecular weight excluding hydrogens is 242 g/mol. The highest BCUT2D eigenvalue weighted by Gasteiger charge is 2.11. The summed E-state index contributed by atoms with van der Waals surface area (Å²) >= 11 is 0. The van der Waals surface area contributed by atoms with Gasteiger partial charge in [-0.3, -0.25) is 0 Å². The van der Waals surface area contributed by atoms with Crippen molar-refractivity contribution in [3.63, 3.8) is 0 Å². The van der Waals surface area contributed by atoms with Crippen LogP contribution in [0.3, 0.4) is 0 Å². The Balaban J connectivity index is 2.91. The highest BCUT2D eigenvalue weighted by molar-refractivity contribution is 5.85. The van der Waals surface area contributed by atoms with Gasteiger partial charge >= 0.3 is 5.97 Å². The van der Waals surface area contributed by atoms with Crippen LogP contribution in [0.15, 0.2) is 18.2 Å². The lowest BCUT2D eigenvalue weighted by molar-refractivity contribution is -0.131. The molecule has 1 aromatic carbocycles. The number of rotatable bonds is 5. The Morgan fingerprint density at radius 1 is 1.44 bits per heavy atom. The van der Waals surface area contributed by atoms with Gasteiger partial charge in [-0.25, -0.2) is 13.6 Å². The molecule has 1 rings (SSSR count). The number of halogens is 2. The van der Waals surface area contributed by atoms with Crippen molar-refractivity contribution in [1.29, 1.82) is 0 Å². The van der Waals surface area contributed by atoms with Gasteiger partial charge in [-0.2, -0.15) is 0 Å². The van der Waals surface area contributed by atoms with E-state index < -0.39 is 23.4 Å². The van der Waals surface area contributed by atoms with Crippen LogP contribution in [0.1, 0.15) is 12.0 Å². The molecule has 0 aromatic heterocycles. The van der Waals surface area contributed by atoms with Crippen LogP contribution in [0.4, 0.5) is 8.78 Å². The van der Waals surface area contributed by atoms with Gasteiger partial charge in [-0.15, -0.1) is 12.3 Å². The number of benzene rings is 1. The summed E-state index contributed by atoms with van der Waals surface area (Å²) in [5.41, 5.74) is 0.0942. The summed E-state index contributed by atoms with van der Waals surface area (Å²) in [6, 6.07) is 1.96. The van der Waals surface area contributed by atoms with Gasteiger partial charge in [0.25, 0.3) is 0 Å². The molecule has 0 saturated heterocycles. The van der Waals surface area contributed by atoms with Gasteiger partial charge in [0.2, 0.25) is 0 Å². The lowest BCUT2D eigenvalue weighted by atomic mass is 10.2. The number of aliphatic carboxylic acids is 1. The Morgan fingerprint density at radius 3 is 2.56 bits per heavy atom. The zero-order valence-electron chi connectivity index (χ0n) is 9.32. The summed E-state index contributed by atoms with van der Waals surface area (Å²) in [4.78, 5) is 10.3. The highest BCUT2D eigenvalue weighted by atomic mass is 19.1. The van der Waals surface area contributed by atoms with E-state index in [0.717, 1.165) is 24.3 Å². The van der Waals surface area contributed by atoms with Crippen molar-refractivity contribution < 1.29 is 23.4 Å². The van der Waals surface area contributed by atoms with Crippen molar-refractivity contribution in [1.82, 2.24) is 0 Å². The maximum absolute atomic E-state index is 13.5. The predicted molar refractivity (Wildman–Crippen MR) is 62.0 cm³/mol. The molecule has 0 spiro atoms. The number of hydrogen-bond acceptors (Lipinski definition) is 2. The van der Waals surface area contributed by atoms with E-state index in [-0.39, 0.29) is 18.6 Å². The molecule has 1 aromatic rings. The summed E-state index contributed by atoms with van der Waals surface area (Å²) in [6.07, 6.45) is 7.08. The average Bonchev–Trinajstić information content (AvgIpc) is 2.30. The molecular formula is C13H10F2O3. The van der Waals surface area contributed by atoms with Gasteiger partial charge in [-0.1, -0.05) is 0 Å². The van der Waals surface area contributed by atoms with Crippen molar-refractivity contribution >= 4 is 12.0 Å². The van der Waals surface area contributed by atoms with Crippen LogP contribution >= 0.6 is 0 Å². The van der Waals surface area contributed by atoms with Crippen molar-refractivity contribution in [3.05, 3.63) is 35.4 Å². The molecule has 94 valence electrons. The van der Waals surface area contributed by atoms with Crippen LogP contribution in [0.2, 0.25) is 0 Å². The first-order valence-corrected chi connectivity index (χ1v) is 5.01. The number of terminal acetylenes is 1. The number of ether oxygens (including phenoxy) is 1. The molecule has 0 bridgehead atoms. The minimum absolute atomic E-state index is 0.00858.